The normalized spacial score (nSPS) is 13.4. The van der Waals surface area contributed by atoms with E-state index in [1.807, 2.05) is 48.5 Å². The van der Waals surface area contributed by atoms with Crippen molar-refractivity contribution in [1.82, 2.24) is 9.97 Å². The summed E-state index contributed by atoms with van der Waals surface area (Å²) < 4.78 is 16.1. The summed E-state index contributed by atoms with van der Waals surface area (Å²) in [5.41, 5.74) is 3.72. The number of benzene rings is 2. The van der Waals surface area contributed by atoms with Gasteiger partial charge in [0.05, 0.1) is 32.7 Å². The van der Waals surface area contributed by atoms with Gasteiger partial charge in [0.15, 0.2) is 11.5 Å². The third-order valence-electron chi connectivity index (χ3n) is 5.17. The van der Waals surface area contributed by atoms with Crippen LogP contribution in [0.3, 0.4) is 0 Å². The van der Waals surface area contributed by atoms with E-state index in [1.54, 1.807) is 21.3 Å². The number of methoxy groups -OCH3 is 3. The van der Waals surface area contributed by atoms with Crippen LogP contribution in [0.4, 0.5) is 5.95 Å². The van der Waals surface area contributed by atoms with Gasteiger partial charge in [-0.3, -0.25) is 0 Å². The Bertz CT molecular complexity index is 983. The number of anilines is 1. The van der Waals surface area contributed by atoms with Crippen LogP contribution in [0.1, 0.15) is 12.8 Å². The lowest BCUT2D eigenvalue weighted by atomic mass is 10.1. The minimum absolute atomic E-state index is 0.678. The highest BCUT2D eigenvalue weighted by atomic mass is 16.5. The zero-order valence-corrected chi connectivity index (χ0v) is 17.0. The molecule has 0 saturated carbocycles. The number of rotatable bonds is 6. The molecule has 1 aromatic heterocycles. The van der Waals surface area contributed by atoms with Gasteiger partial charge in [-0.25, -0.2) is 9.97 Å². The Balaban J connectivity index is 1.81. The molecule has 29 heavy (non-hydrogen) atoms. The lowest BCUT2D eigenvalue weighted by molar-refractivity contribution is 0.355. The van der Waals surface area contributed by atoms with Crippen molar-refractivity contribution in [2.75, 3.05) is 39.3 Å². The molecule has 0 atom stereocenters. The summed E-state index contributed by atoms with van der Waals surface area (Å²) in [6.07, 6.45) is 2.34. The minimum atomic E-state index is 0.678. The average molecular weight is 391 g/mol. The van der Waals surface area contributed by atoms with Crippen LogP contribution in [0.25, 0.3) is 22.5 Å². The largest absolute Gasteiger partial charge is 0.497 e. The smallest absolute Gasteiger partial charge is 0.226 e. The van der Waals surface area contributed by atoms with Gasteiger partial charge < -0.3 is 19.1 Å². The van der Waals surface area contributed by atoms with Crippen molar-refractivity contribution in [3.05, 3.63) is 48.5 Å². The quantitative estimate of drug-likeness (QED) is 0.619. The van der Waals surface area contributed by atoms with Gasteiger partial charge in [0.1, 0.15) is 5.75 Å². The summed E-state index contributed by atoms with van der Waals surface area (Å²) >= 11 is 0. The van der Waals surface area contributed by atoms with Gasteiger partial charge in [-0.1, -0.05) is 0 Å². The number of nitrogens with zero attached hydrogens (tertiary/aromatic N) is 3. The summed E-state index contributed by atoms with van der Waals surface area (Å²) in [6.45, 7) is 1.97. The molecule has 4 rings (SSSR count). The molecule has 0 radical (unpaired) electrons. The highest BCUT2D eigenvalue weighted by Gasteiger charge is 2.18. The minimum Gasteiger partial charge on any atom is -0.497 e. The SMILES string of the molecule is COc1ccc(-c2cc(-c3ccc(OC)c(OC)c3)nc(N3CCCC3)n2)cc1. The molecule has 6 heteroatoms. The van der Waals surface area contributed by atoms with Crippen molar-refractivity contribution in [3.63, 3.8) is 0 Å². The Labute approximate surface area is 171 Å². The van der Waals surface area contributed by atoms with Gasteiger partial charge in [0.25, 0.3) is 0 Å². The van der Waals surface area contributed by atoms with E-state index < -0.39 is 0 Å². The second-order valence-corrected chi connectivity index (χ2v) is 6.93. The van der Waals surface area contributed by atoms with Crippen molar-refractivity contribution in [3.8, 4) is 39.8 Å². The molecule has 0 spiro atoms. The lowest BCUT2D eigenvalue weighted by Crippen LogP contribution is -2.20. The maximum Gasteiger partial charge on any atom is 0.226 e. The summed E-state index contributed by atoms with van der Waals surface area (Å²) in [4.78, 5) is 12.0. The molecule has 150 valence electrons. The molecule has 0 bridgehead atoms. The van der Waals surface area contributed by atoms with E-state index in [4.69, 9.17) is 24.2 Å². The van der Waals surface area contributed by atoms with E-state index >= 15 is 0 Å². The number of aromatic nitrogens is 2. The first-order valence-electron chi connectivity index (χ1n) is 9.72. The third kappa shape index (κ3) is 3.97. The highest BCUT2D eigenvalue weighted by molar-refractivity contribution is 5.71. The molecule has 1 aliphatic rings. The monoisotopic (exact) mass is 391 g/mol. The molecule has 6 nitrogen and oxygen atoms in total. The predicted octanol–water partition coefficient (Wildman–Crippen LogP) is 4.44. The highest BCUT2D eigenvalue weighted by Crippen LogP contribution is 2.34. The first-order chi connectivity index (χ1) is 14.2. The molecule has 0 unspecified atom stereocenters. The zero-order chi connectivity index (χ0) is 20.2. The number of hydrogen-bond donors (Lipinski definition) is 0. The van der Waals surface area contributed by atoms with Crippen LogP contribution < -0.4 is 19.1 Å². The van der Waals surface area contributed by atoms with Gasteiger partial charge >= 0.3 is 0 Å². The third-order valence-corrected chi connectivity index (χ3v) is 5.17. The van der Waals surface area contributed by atoms with E-state index in [1.165, 1.54) is 12.8 Å². The van der Waals surface area contributed by atoms with Gasteiger partial charge in [0, 0.05) is 24.2 Å². The van der Waals surface area contributed by atoms with Crippen LogP contribution in [0, 0.1) is 0 Å². The van der Waals surface area contributed by atoms with Crippen LogP contribution in [-0.2, 0) is 0 Å². The lowest BCUT2D eigenvalue weighted by Gasteiger charge is -2.18. The molecule has 1 fully saturated rings. The van der Waals surface area contributed by atoms with Crippen LogP contribution >= 0.6 is 0 Å². The number of ether oxygens (including phenoxy) is 3. The van der Waals surface area contributed by atoms with Gasteiger partial charge in [-0.2, -0.15) is 0 Å². The summed E-state index contributed by atoms with van der Waals surface area (Å²) in [5.74, 6) is 2.96. The molecular weight excluding hydrogens is 366 g/mol. The summed E-state index contributed by atoms with van der Waals surface area (Å²) in [6, 6.07) is 15.8. The van der Waals surface area contributed by atoms with Crippen molar-refractivity contribution in [2.45, 2.75) is 12.8 Å². The van der Waals surface area contributed by atoms with Crippen LogP contribution in [0.15, 0.2) is 48.5 Å². The molecule has 0 N–H and O–H groups in total. The fraction of sp³-hybridized carbons (Fsp3) is 0.304. The first kappa shape index (κ1) is 19.1. The predicted molar refractivity (Wildman–Crippen MR) is 114 cm³/mol. The molecule has 0 amide bonds. The Morgan fingerprint density at radius 1 is 0.690 bits per heavy atom. The van der Waals surface area contributed by atoms with Gasteiger partial charge in [0.2, 0.25) is 5.95 Å². The van der Waals surface area contributed by atoms with Crippen molar-refractivity contribution in [2.24, 2.45) is 0 Å². The molecular formula is C23H25N3O3. The Morgan fingerprint density at radius 3 is 1.93 bits per heavy atom. The zero-order valence-electron chi connectivity index (χ0n) is 17.0. The van der Waals surface area contributed by atoms with E-state index in [2.05, 4.69) is 4.90 Å². The second-order valence-electron chi connectivity index (χ2n) is 6.93. The van der Waals surface area contributed by atoms with Crippen LogP contribution in [0.5, 0.6) is 17.2 Å². The van der Waals surface area contributed by atoms with Gasteiger partial charge in [-0.15, -0.1) is 0 Å². The maximum atomic E-state index is 5.48. The average Bonchev–Trinajstić information content (AvgIpc) is 3.33. The molecule has 3 aromatic rings. The van der Waals surface area contributed by atoms with Crippen LogP contribution in [-0.4, -0.2) is 44.4 Å². The molecule has 1 aliphatic heterocycles. The van der Waals surface area contributed by atoms with E-state index in [0.29, 0.717) is 11.5 Å². The van der Waals surface area contributed by atoms with Crippen molar-refractivity contribution < 1.29 is 14.2 Å². The Kier molecular flexibility index (Phi) is 5.51. The Hall–Kier alpha value is -3.28. The van der Waals surface area contributed by atoms with E-state index in [0.717, 1.165) is 47.3 Å². The van der Waals surface area contributed by atoms with Gasteiger partial charge in [-0.05, 0) is 61.4 Å². The fourth-order valence-corrected chi connectivity index (χ4v) is 3.55. The van der Waals surface area contributed by atoms with Crippen LogP contribution in [0.2, 0.25) is 0 Å². The summed E-state index contributed by atoms with van der Waals surface area (Å²) in [5, 5.41) is 0. The summed E-state index contributed by atoms with van der Waals surface area (Å²) in [7, 11) is 4.94. The van der Waals surface area contributed by atoms with E-state index in [9.17, 15) is 0 Å². The molecule has 0 aliphatic carbocycles. The Morgan fingerprint density at radius 2 is 1.31 bits per heavy atom. The topological polar surface area (TPSA) is 56.7 Å². The maximum absolute atomic E-state index is 5.48. The van der Waals surface area contributed by atoms with Crippen molar-refractivity contribution in [1.29, 1.82) is 0 Å². The number of hydrogen-bond acceptors (Lipinski definition) is 6. The first-order valence-corrected chi connectivity index (χ1v) is 9.72. The fourth-order valence-electron chi connectivity index (χ4n) is 3.55. The standard InChI is InChI=1S/C23H25N3O3/c1-27-18-9-6-16(7-10-18)19-15-20(25-23(24-19)26-12-4-5-13-26)17-8-11-21(28-2)22(14-17)29-3/h6-11,14-15H,4-5,12-13H2,1-3H3. The van der Waals surface area contributed by atoms with Crippen molar-refractivity contribution >= 4 is 5.95 Å². The molecule has 1 saturated heterocycles. The molecule has 2 aromatic carbocycles. The second kappa shape index (κ2) is 8.39. The molecule has 2 heterocycles. The van der Waals surface area contributed by atoms with E-state index in [-0.39, 0.29) is 0 Å².